The van der Waals surface area contributed by atoms with Crippen LogP contribution < -0.4 is 15.8 Å². The fraction of sp³-hybridized carbons (Fsp3) is 0.348. The summed E-state index contributed by atoms with van der Waals surface area (Å²) < 4.78 is 28.7. The van der Waals surface area contributed by atoms with Gasteiger partial charge in [0.25, 0.3) is 11.5 Å². The van der Waals surface area contributed by atoms with Gasteiger partial charge < -0.3 is 15.3 Å². The summed E-state index contributed by atoms with van der Waals surface area (Å²) in [4.78, 5) is 31.1. The zero-order chi connectivity index (χ0) is 23.9. The SMILES string of the molecule is CC(Nc1ccccc1C(=O)O)c1cc(Cl)cc2c(=O)n(C)c(N3CCC(F)(F)CC3)nc12. The summed E-state index contributed by atoms with van der Waals surface area (Å²) >= 11 is 6.31. The van der Waals surface area contributed by atoms with Crippen LogP contribution in [0.3, 0.4) is 0 Å². The molecule has 2 N–H and O–H groups in total. The number of piperidine rings is 1. The van der Waals surface area contributed by atoms with Crippen molar-refractivity contribution in [2.45, 2.75) is 31.7 Å². The maximum absolute atomic E-state index is 13.7. The van der Waals surface area contributed by atoms with E-state index in [1.54, 1.807) is 36.2 Å². The van der Waals surface area contributed by atoms with Crippen molar-refractivity contribution in [1.82, 2.24) is 9.55 Å². The molecule has 2 aromatic carbocycles. The Morgan fingerprint density at radius 3 is 2.58 bits per heavy atom. The van der Waals surface area contributed by atoms with Crippen LogP contribution in [-0.2, 0) is 7.05 Å². The molecule has 1 aromatic heterocycles. The van der Waals surface area contributed by atoms with Crippen LogP contribution in [0.1, 0.15) is 41.7 Å². The monoisotopic (exact) mass is 476 g/mol. The molecule has 2 heterocycles. The summed E-state index contributed by atoms with van der Waals surface area (Å²) in [5.41, 5.74) is 1.17. The number of halogens is 3. The second-order valence-electron chi connectivity index (χ2n) is 8.23. The standard InChI is InChI=1S/C23H23ClF2N4O3/c1-13(27-18-6-4-3-5-15(18)21(32)33)16-11-14(24)12-17-19(16)28-22(29(2)20(17)31)30-9-7-23(25,26)8-10-30/h3-6,11-13,27H,7-10H2,1-2H3,(H,32,33). The molecular weight excluding hydrogens is 454 g/mol. The molecule has 0 spiro atoms. The Labute approximate surface area is 193 Å². The summed E-state index contributed by atoms with van der Waals surface area (Å²) in [5.74, 6) is -3.48. The van der Waals surface area contributed by atoms with Gasteiger partial charge in [-0.05, 0) is 31.2 Å². The molecule has 0 saturated carbocycles. The number of hydrogen-bond acceptors (Lipinski definition) is 5. The number of nitrogens with one attached hydrogen (secondary N) is 1. The van der Waals surface area contributed by atoms with Gasteiger partial charge in [-0.15, -0.1) is 0 Å². The molecule has 4 rings (SSSR count). The first-order valence-electron chi connectivity index (χ1n) is 10.5. The number of fused-ring (bicyclic) bond motifs is 1. The minimum Gasteiger partial charge on any atom is -0.478 e. The molecule has 33 heavy (non-hydrogen) atoms. The summed E-state index contributed by atoms with van der Waals surface area (Å²) in [5, 5.41) is 13.3. The number of hydrogen-bond donors (Lipinski definition) is 2. The topological polar surface area (TPSA) is 87.5 Å². The third-order valence-electron chi connectivity index (χ3n) is 5.92. The number of carboxylic acid groups (broad SMARTS) is 1. The molecule has 174 valence electrons. The first kappa shape index (κ1) is 23.0. The van der Waals surface area contributed by atoms with Gasteiger partial charge >= 0.3 is 5.97 Å². The van der Waals surface area contributed by atoms with Crippen molar-refractivity contribution in [2.75, 3.05) is 23.3 Å². The number of nitrogens with zero attached hydrogens (tertiary/aromatic N) is 3. The van der Waals surface area contributed by atoms with E-state index in [-0.39, 0.29) is 37.1 Å². The smallest absolute Gasteiger partial charge is 0.337 e. The fourth-order valence-electron chi connectivity index (χ4n) is 4.11. The van der Waals surface area contributed by atoms with Crippen molar-refractivity contribution < 1.29 is 18.7 Å². The highest BCUT2D eigenvalue weighted by atomic mass is 35.5. The molecule has 1 saturated heterocycles. The zero-order valence-corrected chi connectivity index (χ0v) is 18.9. The number of rotatable bonds is 5. The molecule has 0 aliphatic carbocycles. The maximum Gasteiger partial charge on any atom is 0.337 e. The van der Waals surface area contributed by atoms with E-state index in [0.29, 0.717) is 33.1 Å². The van der Waals surface area contributed by atoms with E-state index >= 15 is 0 Å². The minimum absolute atomic E-state index is 0.0848. The average Bonchev–Trinajstić information content (AvgIpc) is 2.76. The normalized spacial score (nSPS) is 16.6. The van der Waals surface area contributed by atoms with Crippen LogP contribution in [0, 0.1) is 0 Å². The van der Waals surface area contributed by atoms with Crippen LogP contribution in [0.25, 0.3) is 10.9 Å². The first-order valence-corrected chi connectivity index (χ1v) is 10.9. The van der Waals surface area contributed by atoms with E-state index < -0.39 is 17.9 Å². The van der Waals surface area contributed by atoms with Crippen molar-refractivity contribution in [3.8, 4) is 0 Å². The highest BCUT2D eigenvalue weighted by Gasteiger charge is 2.35. The molecule has 3 aromatic rings. The highest BCUT2D eigenvalue weighted by molar-refractivity contribution is 6.31. The lowest BCUT2D eigenvalue weighted by Gasteiger charge is -2.33. The summed E-state index contributed by atoms with van der Waals surface area (Å²) in [6.07, 6.45) is -0.614. The lowest BCUT2D eigenvalue weighted by molar-refractivity contribution is -0.0223. The summed E-state index contributed by atoms with van der Waals surface area (Å²) in [6.45, 7) is 1.98. The van der Waals surface area contributed by atoms with Gasteiger partial charge in [0.2, 0.25) is 5.95 Å². The zero-order valence-electron chi connectivity index (χ0n) is 18.1. The Morgan fingerprint density at radius 1 is 1.24 bits per heavy atom. The predicted octanol–water partition coefficient (Wildman–Crippen LogP) is 4.69. The fourth-order valence-corrected chi connectivity index (χ4v) is 4.33. The lowest BCUT2D eigenvalue weighted by Crippen LogP contribution is -2.42. The second-order valence-corrected chi connectivity index (χ2v) is 8.66. The maximum atomic E-state index is 13.7. The average molecular weight is 477 g/mol. The number of anilines is 2. The van der Waals surface area contributed by atoms with Crippen LogP contribution in [0.2, 0.25) is 5.02 Å². The lowest BCUT2D eigenvalue weighted by atomic mass is 10.0. The van der Waals surface area contributed by atoms with Crippen LogP contribution in [0.15, 0.2) is 41.2 Å². The van der Waals surface area contributed by atoms with Crippen molar-refractivity contribution in [2.24, 2.45) is 7.05 Å². The number of carbonyl (C=O) groups is 1. The summed E-state index contributed by atoms with van der Waals surface area (Å²) in [7, 11) is 1.56. The van der Waals surface area contributed by atoms with Crippen LogP contribution in [0.4, 0.5) is 20.4 Å². The number of aromatic nitrogens is 2. The van der Waals surface area contributed by atoms with Crippen LogP contribution >= 0.6 is 11.6 Å². The summed E-state index contributed by atoms with van der Waals surface area (Å²) in [6, 6.07) is 9.24. The molecule has 7 nitrogen and oxygen atoms in total. The van der Waals surface area contributed by atoms with Gasteiger partial charge in [-0.3, -0.25) is 9.36 Å². The highest BCUT2D eigenvalue weighted by Crippen LogP contribution is 2.32. The van der Waals surface area contributed by atoms with Crippen molar-refractivity contribution >= 4 is 40.1 Å². The second kappa shape index (κ2) is 8.62. The molecule has 0 amide bonds. The number of carboxylic acids is 1. The first-order chi connectivity index (χ1) is 15.6. The van der Waals surface area contributed by atoms with Crippen LogP contribution in [0.5, 0.6) is 0 Å². The Morgan fingerprint density at radius 2 is 1.91 bits per heavy atom. The van der Waals surface area contributed by atoms with Crippen molar-refractivity contribution in [1.29, 1.82) is 0 Å². The predicted molar refractivity (Wildman–Crippen MR) is 124 cm³/mol. The van der Waals surface area contributed by atoms with Crippen molar-refractivity contribution in [3.63, 3.8) is 0 Å². The van der Waals surface area contributed by atoms with Gasteiger partial charge in [-0.25, -0.2) is 18.6 Å². The van der Waals surface area contributed by atoms with E-state index in [1.807, 2.05) is 6.92 Å². The molecule has 1 aliphatic rings. The third-order valence-corrected chi connectivity index (χ3v) is 6.14. The molecule has 0 radical (unpaired) electrons. The van der Waals surface area contributed by atoms with Gasteiger partial charge in [0, 0.05) is 49.3 Å². The number of para-hydroxylation sites is 1. The number of benzene rings is 2. The van der Waals surface area contributed by atoms with Gasteiger partial charge in [0.05, 0.1) is 22.5 Å². The Bertz CT molecular complexity index is 1280. The Hall–Kier alpha value is -3.20. The van der Waals surface area contributed by atoms with E-state index in [1.165, 1.54) is 16.7 Å². The van der Waals surface area contributed by atoms with E-state index in [4.69, 9.17) is 16.6 Å². The van der Waals surface area contributed by atoms with Gasteiger partial charge in [-0.2, -0.15) is 0 Å². The molecule has 1 fully saturated rings. The Kier molecular flexibility index (Phi) is 6.00. The van der Waals surface area contributed by atoms with Gasteiger partial charge in [0.15, 0.2) is 0 Å². The molecule has 0 bridgehead atoms. The minimum atomic E-state index is -2.72. The van der Waals surface area contributed by atoms with Gasteiger partial charge in [-0.1, -0.05) is 23.7 Å². The van der Waals surface area contributed by atoms with Crippen LogP contribution in [-0.4, -0.2) is 39.6 Å². The van der Waals surface area contributed by atoms with E-state index in [0.717, 1.165) is 0 Å². The molecule has 1 aliphatic heterocycles. The molecule has 10 heteroatoms. The molecular formula is C23H23ClF2N4O3. The molecule has 1 atom stereocenters. The largest absolute Gasteiger partial charge is 0.478 e. The Balaban J connectivity index is 1.80. The van der Waals surface area contributed by atoms with Gasteiger partial charge in [0.1, 0.15) is 0 Å². The third kappa shape index (κ3) is 4.50. The van der Waals surface area contributed by atoms with E-state index in [9.17, 15) is 23.5 Å². The number of alkyl halides is 2. The quantitative estimate of drug-likeness (QED) is 0.555. The molecule has 1 unspecified atom stereocenters. The number of aromatic carboxylic acids is 1. The van der Waals surface area contributed by atoms with E-state index in [2.05, 4.69) is 5.32 Å². The van der Waals surface area contributed by atoms with Crippen molar-refractivity contribution in [3.05, 3.63) is 62.9 Å².